The van der Waals surface area contributed by atoms with E-state index in [0.717, 1.165) is 37.1 Å². The first kappa shape index (κ1) is 15.5. The SMILES string of the molecule is NCCCCc1cn(Cc2cccc(C(F)(F)F)c2)nn1. The zero-order valence-electron chi connectivity index (χ0n) is 11.5. The lowest BCUT2D eigenvalue weighted by Gasteiger charge is -2.08. The molecule has 0 amide bonds. The molecule has 1 aromatic heterocycles. The Labute approximate surface area is 120 Å². The van der Waals surface area contributed by atoms with Gasteiger partial charge in [0.2, 0.25) is 0 Å². The Bertz CT molecular complexity index is 578. The maximum Gasteiger partial charge on any atom is 0.416 e. The maximum atomic E-state index is 12.6. The van der Waals surface area contributed by atoms with E-state index in [-0.39, 0.29) is 6.54 Å². The molecular formula is C14H17F3N4. The van der Waals surface area contributed by atoms with Gasteiger partial charge < -0.3 is 5.73 Å². The van der Waals surface area contributed by atoms with Crippen molar-refractivity contribution in [2.75, 3.05) is 6.54 Å². The number of halogens is 3. The van der Waals surface area contributed by atoms with E-state index in [1.54, 1.807) is 16.9 Å². The highest BCUT2D eigenvalue weighted by Crippen LogP contribution is 2.29. The molecule has 2 N–H and O–H groups in total. The second-order valence-corrected chi connectivity index (χ2v) is 4.85. The van der Waals surface area contributed by atoms with E-state index in [4.69, 9.17) is 5.73 Å². The first-order valence-electron chi connectivity index (χ1n) is 6.74. The molecule has 0 bridgehead atoms. The quantitative estimate of drug-likeness (QED) is 0.834. The molecule has 4 nitrogen and oxygen atoms in total. The normalized spacial score (nSPS) is 11.8. The van der Waals surface area contributed by atoms with Crippen LogP contribution in [-0.4, -0.2) is 21.5 Å². The minimum atomic E-state index is -4.33. The van der Waals surface area contributed by atoms with E-state index in [2.05, 4.69) is 10.3 Å². The molecule has 7 heteroatoms. The van der Waals surface area contributed by atoms with Crippen LogP contribution in [0.25, 0.3) is 0 Å². The molecule has 1 heterocycles. The van der Waals surface area contributed by atoms with Gasteiger partial charge >= 0.3 is 6.18 Å². The predicted octanol–water partition coefficient (Wildman–Crippen LogP) is 2.63. The Morgan fingerprint density at radius 2 is 2.00 bits per heavy atom. The van der Waals surface area contributed by atoms with E-state index in [9.17, 15) is 13.2 Å². The van der Waals surface area contributed by atoms with Crippen molar-refractivity contribution >= 4 is 0 Å². The number of benzene rings is 1. The highest BCUT2D eigenvalue weighted by molar-refractivity contribution is 5.25. The summed E-state index contributed by atoms with van der Waals surface area (Å²) in [6.07, 6.45) is 0.0571. The van der Waals surface area contributed by atoms with E-state index in [0.29, 0.717) is 12.1 Å². The first-order valence-corrected chi connectivity index (χ1v) is 6.74. The number of aromatic nitrogens is 3. The summed E-state index contributed by atoms with van der Waals surface area (Å²) in [4.78, 5) is 0. The molecular weight excluding hydrogens is 281 g/mol. The van der Waals surface area contributed by atoms with Crippen LogP contribution in [0.1, 0.15) is 29.7 Å². The van der Waals surface area contributed by atoms with Crippen molar-refractivity contribution in [1.82, 2.24) is 15.0 Å². The van der Waals surface area contributed by atoms with Gasteiger partial charge in [0.1, 0.15) is 0 Å². The number of aryl methyl sites for hydroxylation is 1. The van der Waals surface area contributed by atoms with E-state index < -0.39 is 11.7 Å². The number of nitrogens with zero attached hydrogens (tertiary/aromatic N) is 3. The molecule has 0 aliphatic rings. The van der Waals surface area contributed by atoms with Crippen LogP contribution < -0.4 is 5.73 Å². The highest BCUT2D eigenvalue weighted by Gasteiger charge is 2.30. The van der Waals surface area contributed by atoms with Crippen molar-refractivity contribution in [3.05, 3.63) is 47.3 Å². The minimum absolute atomic E-state index is 0.272. The third kappa shape index (κ3) is 4.56. The standard InChI is InChI=1S/C14H17F3N4/c15-14(16,17)12-5-3-4-11(8-12)9-21-10-13(19-20-21)6-1-2-7-18/h3-5,8,10H,1-2,6-7,9,18H2. The monoisotopic (exact) mass is 298 g/mol. The van der Waals surface area contributed by atoms with Crippen LogP contribution in [0.5, 0.6) is 0 Å². The van der Waals surface area contributed by atoms with E-state index in [1.165, 1.54) is 6.07 Å². The molecule has 0 atom stereocenters. The molecule has 0 spiro atoms. The van der Waals surface area contributed by atoms with Gasteiger partial charge in [-0.05, 0) is 43.5 Å². The van der Waals surface area contributed by atoms with Gasteiger partial charge in [-0.2, -0.15) is 13.2 Å². The van der Waals surface area contributed by atoms with Crippen molar-refractivity contribution in [1.29, 1.82) is 0 Å². The molecule has 0 aliphatic carbocycles. The van der Waals surface area contributed by atoms with Crippen LogP contribution in [-0.2, 0) is 19.1 Å². The number of alkyl halides is 3. The highest BCUT2D eigenvalue weighted by atomic mass is 19.4. The number of rotatable bonds is 6. The lowest BCUT2D eigenvalue weighted by Crippen LogP contribution is -2.07. The summed E-state index contributed by atoms with van der Waals surface area (Å²) in [6.45, 7) is 0.909. The molecule has 0 fully saturated rings. The van der Waals surface area contributed by atoms with Gasteiger partial charge in [-0.1, -0.05) is 17.3 Å². The Kier molecular flexibility index (Phi) is 4.95. The van der Waals surface area contributed by atoms with Crippen molar-refractivity contribution < 1.29 is 13.2 Å². The maximum absolute atomic E-state index is 12.6. The largest absolute Gasteiger partial charge is 0.416 e. The first-order chi connectivity index (χ1) is 9.99. The summed E-state index contributed by atoms with van der Waals surface area (Å²) in [6, 6.07) is 5.24. The zero-order valence-corrected chi connectivity index (χ0v) is 11.5. The second-order valence-electron chi connectivity index (χ2n) is 4.85. The van der Waals surface area contributed by atoms with Crippen LogP contribution in [0.4, 0.5) is 13.2 Å². The zero-order chi connectivity index (χ0) is 15.3. The van der Waals surface area contributed by atoms with Crippen molar-refractivity contribution in [3.63, 3.8) is 0 Å². The predicted molar refractivity (Wildman–Crippen MR) is 72.6 cm³/mol. The van der Waals surface area contributed by atoms with Gasteiger partial charge in [0.15, 0.2) is 0 Å². The summed E-state index contributed by atoms with van der Waals surface area (Å²) in [5.74, 6) is 0. The molecule has 1 aromatic carbocycles. The van der Waals surface area contributed by atoms with Crippen LogP contribution in [0.2, 0.25) is 0 Å². The van der Waals surface area contributed by atoms with Crippen LogP contribution in [0.3, 0.4) is 0 Å². The van der Waals surface area contributed by atoms with Crippen LogP contribution >= 0.6 is 0 Å². The summed E-state index contributed by atoms with van der Waals surface area (Å²) in [5, 5.41) is 7.94. The smallest absolute Gasteiger partial charge is 0.330 e. The summed E-state index contributed by atoms with van der Waals surface area (Å²) >= 11 is 0. The average Bonchev–Trinajstić information content (AvgIpc) is 2.86. The molecule has 2 aromatic rings. The fraction of sp³-hybridized carbons (Fsp3) is 0.429. The molecule has 21 heavy (non-hydrogen) atoms. The number of hydrogen-bond donors (Lipinski definition) is 1. The van der Waals surface area contributed by atoms with E-state index >= 15 is 0 Å². The topological polar surface area (TPSA) is 56.7 Å². The molecule has 0 aliphatic heterocycles. The number of unbranched alkanes of at least 4 members (excludes halogenated alkanes) is 1. The summed E-state index contributed by atoms with van der Waals surface area (Å²) in [5.41, 5.74) is 6.14. The molecule has 2 rings (SSSR count). The van der Waals surface area contributed by atoms with Crippen molar-refractivity contribution in [3.8, 4) is 0 Å². The van der Waals surface area contributed by atoms with Gasteiger partial charge in [0.25, 0.3) is 0 Å². The fourth-order valence-electron chi connectivity index (χ4n) is 2.01. The molecule has 0 saturated carbocycles. The lowest BCUT2D eigenvalue weighted by molar-refractivity contribution is -0.137. The fourth-order valence-corrected chi connectivity index (χ4v) is 2.01. The average molecular weight is 298 g/mol. The van der Waals surface area contributed by atoms with Gasteiger partial charge in [0.05, 0.1) is 17.8 Å². The van der Waals surface area contributed by atoms with Gasteiger partial charge in [-0.15, -0.1) is 5.10 Å². The Morgan fingerprint density at radius 1 is 1.19 bits per heavy atom. The van der Waals surface area contributed by atoms with Gasteiger partial charge in [0, 0.05) is 6.20 Å². The van der Waals surface area contributed by atoms with Gasteiger partial charge in [-0.3, -0.25) is 0 Å². The second kappa shape index (κ2) is 6.71. The Hall–Kier alpha value is -1.89. The Morgan fingerprint density at radius 3 is 2.71 bits per heavy atom. The van der Waals surface area contributed by atoms with Crippen molar-refractivity contribution in [2.45, 2.75) is 32.0 Å². The summed E-state index contributed by atoms with van der Waals surface area (Å²) < 4.78 is 39.5. The molecule has 0 unspecified atom stereocenters. The summed E-state index contributed by atoms with van der Waals surface area (Å²) in [7, 11) is 0. The van der Waals surface area contributed by atoms with Crippen LogP contribution in [0, 0.1) is 0 Å². The third-order valence-corrected chi connectivity index (χ3v) is 3.07. The van der Waals surface area contributed by atoms with Crippen LogP contribution in [0.15, 0.2) is 30.5 Å². The minimum Gasteiger partial charge on any atom is -0.330 e. The van der Waals surface area contributed by atoms with E-state index in [1.807, 2.05) is 0 Å². The molecule has 0 radical (unpaired) electrons. The lowest BCUT2D eigenvalue weighted by atomic mass is 10.1. The van der Waals surface area contributed by atoms with Gasteiger partial charge in [-0.25, -0.2) is 4.68 Å². The van der Waals surface area contributed by atoms with Crippen molar-refractivity contribution in [2.24, 2.45) is 5.73 Å². The third-order valence-electron chi connectivity index (χ3n) is 3.07. The number of hydrogen-bond acceptors (Lipinski definition) is 3. The molecule has 0 saturated heterocycles. The Balaban J connectivity index is 2.02. The molecule has 114 valence electrons. The number of nitrogens with two attached hydrogens (primary N) is 1.